The lowest BCUT2D eigenvalue weighted by Gasteiger charge is -2.32. The molecule has 1 saturated heterocycles. The van der Waals surface area contributed by atoms with Gasteiger partial charge in [-0.3, -0.25) is 14.4 Å². The predicted molar refractivity (Wildman–Crippen MR) is 124 cm³/mol. The summed E-state index contributed by atoms with van der Waals surface area (Å²) in [4.78, 5) is 43.8. The number of hydrogen-bond acceptors (Lipinski definition) is 5. The van der Waals surface area contributed by atoms with Crippen molar-refractivity contribution < 1.29 is 14.4 Å². The monoisotopic (exact) mass is 454 g/mol. The molecular weight excluding hydrogens is 424 g/mol. The van der Waals surface area contributed by atoms with Crippen LogP contribution in [0.1, 0.15) is 46.5 Å². The molecule has 0 bridgehead atoms. The lowest BCUT2D eigenvalue weighted by molar-refractivity contribution is -0.141. The van der Waals surface area contributed by atoms with Gasteiger partial charge < -0.3 is 20.9 Å². The van der Waals surface area contributed by atoms with E-state index in [0.717, 1.165) is 36.1 Å². The quantitative estimate of drug-likeness (QED) is 0.725. The predicted octanol–water partition coefficient (Wildman–Crippen LogP) is 2.30. The summed E-state index contributed by atoms with van der Waals surface area (Å²) >= 11 is 1.51. The van der Waals surface area contributed by atoms with Gasteiger partial charge in [-0.2, -0.15) is 0 Å². The molecule has 0 spiro atoms. The van der Waals surface area contributed by atoms with Gasteiger partial charge in [0.15, 0.2) is 6.17 Å². The Morgan fingerprint density at radius 2 is 1.72 bits per heavy atom. The van der Waals surface area contributed by atoms with Crippen molar-refractivity contribution in [2.24, 2.45) is 5.73 Å². The van der Waals surface area contributed by atoms with E-state index in [0.29, 0.717) is 18.7 Å². The zero-order valence-corrected chi connectivity index (χ0v) is 19.1. The highest BCUT2D eigenvalue weighted by Gasteiger charge is 2.43. The fourth-order valence-corrected chi connectivity index (χ4v) is 5.15. The Bertz CT molecular complexity index is 952. The number of benzene rings is 1. The van der Waals surface area contributed by atoms with Gasteiger partial charge in [-0.15, -0.1) is 11.3 Å². The van der Waals surface area contributed by atoms with Gasteiger partial charge in [0, 0.05) is 35.6 Å². The molecule has 0 radical (unpaired) electrons. The first-order valence-corrected chi connectivity index (χ1v) is 12.1. The van der Waals surface area contributed by atoms with Gasteiger partial charge >= 0.3 is 0 Å². The number of hydrogen-bond donors (Lipinski definition) is 2. The molecule has 1 aromatic heterocycles. The average Bonchev–Trinajstić information content (AvgIpc) is 3.45. The standard InChI is InChI=1S/C24H30N4O3S/c1-16-4-6-17(7-5-16)24(31)28-13-12-27(21(29)15-20-3-2-14-32-20)23(28)22(30)26-19-10-8-18(25)9-11-19/h2-7,14,18-19,23H,8-13,15,25H2,1H3,(H,26,30). The zero-order chi connectivity index (χ0) is 22.7. The number of carbonyl (C=O) groups is 3. The fraction of sp³-hybridized carbons (Fsp3) is 0.458. The van der Waals surface area contributed by atoms with Crippen LogP contribution in [0.3, 0.4) is 0 Å². The molecule has 1 unspecified atom stereocenters. The van der Waals surface area contributed by atoms with Crippen LogP contribution < -0.4 is 11.1 Å². The normalized spacial score (nSPS) is 23.2. The largest absolute Gasteiger partial charge is 0.350 e. The van der Waals surface area contributed by atoms with Gasteiger partial charge in [0.2, 0.25) is 5.91 Å². The molecular formula is C24H30N4O3S. The molecule has 2 aromatic rings. The minimum absolute atomic E-state index is 0.0217. The van der Waals surface area contributed by atoms with Gasteiger partial charge in [-0.1, -0.05) is 23.8 Å². The second-order valence-corrected chi connectivity index (χ2v) is 9.73. The number of amides is 3. The highest BCUT2D eigenvalue weighted by molar-refractivity contribution is 7.10. The molecule has 7 nitrogen and oxygen atoms in total. The molecule has 1 saturated carbocycles. The molecule has 1 aliphatic heterocycles. The summed E-state index contributed by atoms with van der Waals surface area (Å²) in [5.74, 6) is -0.664. The Balaban J connectivity index is 1.54. The summed E-state index contributed by atoms with van der Waals surface area (Å²) in [5, 5.41) is 5.02. The Hall–Kier alpha value is -2.71. The van der Waals surface area contributed by atoms with Crippen molar-refractivity contribution in [2.45, 2.75) is 57.3 Å². The van der Waals surface area contributed by atoms with Crippen molar-refractivity contribution in [3.8, 4) is 0 Å². The van der Waals surface area contributed by atoms with Crippen molar-refractivity contribution in [3.05, 3.63) is 57.8 Å². The van der Waals surface area contributed by atoms with Crippen molar-refractivity contribution in [3.63, 3.8) is 0 Å². The number of carbonyl (C=O) groups excluding carboxylic acids is 3. The molecule has 1 aromatic carbocycles. The summed E-state index contributed by atoms with van der Waals surface area (Å²) in [6.45, 7) is 2.63. The fourth-order valence-electron chi connectivity index (χ4n) is 4.45. The van der Waals surface area contributed by atoms with E-state index in [1.165, 1.54) is 16.2 Å². The Morgan fingerprint density at radius 1 is 1.03 bits per heavy atom. The molecule has 4 rings (SSSR count). The summed E-state index contributed by atoms with van der Waals surface area (Å²) in [6.07, 6.45) is 2.65. The first kappa shape index (κ1) is 22.5. The summed E-state index contributed by atoms with van der Waals surface area (Å²) in [7, 11) is 0. The maximum atomic E-state index is 13.4. The van der Waals surface area contributed by atoms with E-state index >= 15 is 0 Å². The van der Waals surface area contributed by atoms with Gasteiger partial charge in [0.25, 0.3) is 11.8 Å². The van der Waals surface area contributed by atoms with Crippen molar-refractivity contribution in [1.29, 1.82) is 0 Å². The molecule has 1 atom stereocenters. The third-order valence-corrected chi connectivity index (χ3v) is 7.19. The molecule has 2 heterocycles. The molecule has 170 valence electrons. The molecule has 3 N–H and O–H groups in total. The van der Waals surface area contributed by atoms with Crippen LogP contribution in [0.2, 0.25) is 0 Å². The zero-order valence-electron chi connectivity index (χ0n) is 18.3. The van der Waals surface area contributed by atoms with Crippen LogP contribution >= 0.6 is 11.3 Å². The highest BCUT2D eigenvalue weighted by atomic mass is 32.1. The van der Waals surface area contributed by atoms with E-state index < -0.39 is 6.17 Å². The van der Waals surface area contributed by atoms with E-state index in [1.807, 2.05) is 36.6 Å². The number of nitrogens with zero attached hydrogens (tertiary/aromatic N) is 2. The maximum absolute atomic E-state index is 13.4. The number of rotatable bonds is 5. The number of nitrogens with one attached hydrogen (secondary N) is 1. The van der Waals surface area contributed by atoms with Gasteiger partial charge in [-0.25, -0.2) is 0 Å². The minimum Gasteiger partial charge on any atom is -0.350 e. The van der Waals surface area contributed by atoms with Crippen LogP contribution in [0.5, 0.6) is 0 Å². The van der Waals surface area contributed by atoms with E-state index in [-0.39, 0.29) is 36.2 Å². The lowest BCUT2D eigenvalue weighted by atomic mass is 9.92. The minimum atomic E-state index is -0.938. The average molecular weight is 455 g/mol. The smallest absolute Gasteiger partial charge is 0.264 e. The molecule has 2 aliphatic rings. The Labute approximate surface area is 192 Å². The number of thiophene rings is 1. The molecule has 2 fully saturated rings. The van der Waals surface area contributed by atoms with Crippen molar-refractivity contribution >= 4 is 29.1 Å². The third-order valence-electron chi connectivity index (χ3n) is 6.31. The molecule has 3 amide bonds. The van der Waals surface area contributed by atoms with E-state index in [9.17, 15) is 14.4 Å². The van der Waals surface area contributed by atoms with E-state index in [2.05, 4.69) is 5.32 Å². The molecule has 1 aliphatic carbocycles. The van der Waals surface area contributed by atoms with Crippen LogP contribution in [0, 0.1) is 6.92 Å². The van der Waals surface area contributed by atoms with Gasteiger partial charge in [0.1, 0.15) is 0 Å². The third kappa shape index (κ3) is 5.02. The molecule has 8 heteroatoms. The summed E-state index contributed by atoms with van der Waals surface area (Å²) in [6, 6.07) is 11.3. The van der Waals surface area contributed by atoms with Crippen molar-refractivity contribution in [2.75, 3.05) is 13.1 Å². The van der Waals surface area contributed by atoms with Crippen molar-refractivity contribution in [1.82, 2.24) is 15.1 Å². The Kier molecular flexibility index (Phi) is 6.91. The first-order valence-electron chi connectivity index (χ1n) is 11.2. The van der Waals surface area contributed by atoms with Crippen LogP contribution in [0.4, 0.5) is 0 Å². The summed E-state index contributed by atoms with van der Waals surface area (Å²) < 4.78 is 0. The highest BCUT2D eigenvalue weighted by Crippen LogP contribution is 2.23. The number of aryl methyl sites for hydroxylation is 1. The summed E-state index contributed by atoms with van der Waals surface area (Å²) in [5.41, 5.74) is 7.57. The van der Waals surface area contributed by atoms with Crippen LogP contribution in [0.25, 0.3) is 0 Å². The van der Waals surface area contributed by atoms with Crippen LogP contribution in [-0.2, 0) is 16.0 Å². The number of nitrogens with two attached hydrogens (primary N) is 1. The first-order chi connectivity index (χ1) is 15.4. The second kappa shape index (κ2) is 9.83. The SMILES string of the molecule is Cc1ccc(C(=O)N2CCN(C(=O)Cc3cccs3)C2C(=O)NC2CCC(N)CC2)cc1. The maximum Gasteiger partial charge on any atom is 0.264 e. The van der Waals surface area contributed by atoms with Gasteiger partial charge in [0.05, 0.1) is 6.42 Å². The van der Waals surface area contributed by atoms with E-state index in [4.69, 9.17) is 5.73 Å². The van der Waals surface area contributed by atoms with Crippen LogP contribution in [-0.4, -0.2) is 58.9 Å². The van der Waals surface area contributed by atoms with Gasteiger partial charge in [-0.05, 0) is 56.2 Å². The Morgan fingerprint density at radius 3 is 2.38 bits per heavy atom. The second-order valence-electron chi connectivity index (χ2n) is 8.70. The van der Waals surface area contributed by atoms with E-state index in [1.54, 1.807) is 17.0 Å². The topological polar surface area (TPSA) is 95.7 Å². The van der Waals surface area contributed by atoms with Crippen LogP contribution in [0.15, 0.2) is 41.8 Å². The lowest BCUT2D eigenvalue weighted by Crippen LogP contribution is -2.56. The molecule has 32 heavy (non-hydrogen) atoms.